The van der Waals surface area contributed by atoms with Crippen LogP contribution in [0, 0.1) is 23.7 Å². The number of aryl methyl sites for hydroxylation is 1. The molecule has 0 bridgehead atoms. The summed E-state index contributed by atoms with van der Waals surface area (Å²) >= 11 is 0. The molecule has 0 aliphatic heterocycles. The number of rotatable bonds is 4. The van der Waals surface area contributed by atoms with Crippen molar-refractivity contribution in [2.75, 3.05) is 12.3 Å². The lowest BCUT2D eigenvalue weighted by molar-refractivity contribution is 0.0475. The van der Waals surface area contributed by atoms with E-state index >= 15 is 0 Å². The highest BCUT2D eigenvalue weighted by molar-refractivity contribution is 5.90. The Morgan fingerprint density at radius 1 is 1.44 bits per heavy atom. The van der Waals surface area contributed by atoms with Crippen molar-refractivity contribution in [2.24, 2.45) is 5.41 Å². The van der Waals surface area contributed by atoms with E-state index < -0.39 is 11.4 Å². The van der Waals surface area contributed by atoms with Gasteiger partial charge in [-0.05, 0) is 51.0 Å². The van der Waals surface area contributed by atoms with Gasteiger partial charge in [0, 0.05) is 5.69 Å². The summed E-state index contributed by atoms with van der Waals surface area (Å²) in [5, 5.41) is 8.84. The Bertz CT molecular complexity index is 467. The zero-order valence-electron chi connectivity index (χ0n) is 11.0. The first-order valence-corrected chi connectivity index (χ1v) is 5.79. The SMILES string of the molecule is Cc1cc(N)cc(C(=O)OCCC(C)(C)C#N)c1. The van der Waals surface area contributed by atoms with Crippen LogP contribution in [0.15, 0.2) is 18.2 Å². The van der Waals surface area contributed by atoms with Gasteiger partial charge in [0.25, 0.3) is 0 Å². The van der Waals surface area contributed by atoms with Crippen LogP contribution in [0.5, 0.6) is 0 Å². The van der Waals surface area contributed by atoms with Gasteiger partial charge < -0.3 is 10.5 Å². The molecule has 0 radical (unpaired) electrons. The van der Waals surface area contributed by atoms with Crippen LogP contribution >= 0.6 is 0 Å². The Balaban J connectivity index is 2.59. The number of benzene rings is 1. The Morgan fingerprint density at radius 2 is 2.11 bits per heavy atom. The summed E-state index contributed by atoms with van der Waals surface area (Å²) in [6.45, 7) is 5.72. The van der Waals surface area contributed by atoms with E-state index in [1.165, 1.54) is 0 Å². The molecule has 0 aliphatic rings. The maximum absolute atomic E-state index is 11.8. The van der Waals surface area contributed by atoms with E-state index in [4.69, 9.17) is 15.7 Å². The molecule has 2 N–H and O–H groups in total. The van der Waals surface area contributed by atoms with Crippen LogP contribution in [-0.4, -0.2) is 12.6 Å². The van der Waals surface area contributed by atoms with Gasteiger partial charge in [-0.15, -0.1) is 0 Å². The summed E-state index contributed by atoms with van der Waals surface area (Å²) < 4.78 is 5.13. The molecule has 0 atom stereocenters. The summed E-state index contributed by atoms with van der Waals surface area (Å²) in [7, 11) is 0. The molecule has 0 saturated heterocycles. The summed E-state index contributed by atoms with van der Waals surface area (Å²) in [4.78, 5) is 11.8. The van der Waals surface area contributed by atoms with E-state index in [1.54, 1.807) is 18.2 Å². The minimum atomic E-state index is -0.480. The Hall–Kier alpha value is -2.02. The molecule has 0 aliphatic carbocycles. The van der Waals surface area contributed by atoms with Crippen molar-refractivity contribution in [3.8, 4) is 6.07 Å². The number of carbonyl (C=O) groups excluding carboxylic acids is 1. The highest BCUT2D eigenvalue weighted by Crippen LogP contribution is 2.19. The van der Waals surface area contributed by atoms with E-state index in [2.05, 4.69) is 6.07 Å². The van der Waals surface area contributed by atoms with Crippen LogP contribution in [0.25, 0.3) is 0 Å². The molecule has 4 heteroatoms. The fourth-order valence-electron chi connectivity index (χ4n) is 1.47. The van der Waals surface area contributed by atoms with Gasteiger partial charge in [0.1, 0.15) is 0 Å². The van der Waals surface area contributed by atoms with Crippen molar-refractivity contribution in [2.45, 2.75) is 27.2 Å². The van der Waals surface area contributed by atoms with Crippen LogP contribution in [-0.2, 0) is 4.74 Å². The first kappa shape index (κ1) is 14.0. The number of carbonyl (C=O) groups is 1. The van der Waals surface area contributed by atoms with Gasteiger partial charge in [0.15, 0.2) is 0 Å². The second-order valence-electron chi connectivity index (χ2n) is 5.01. The molecule has 0 fully saturated rings. The highest BCUT2D eigenvalue weighted by Gasteiger charge is 2.17. The largest absolute Gasteiger partial charge is 0.462 e. The van der Waals surface area contributed by atoms with Crippen LogP contribution < -0.4 is 5.73 Å². The molecule has 0 spiro atoms. The molecule has 4 nitrogen and oxygen atoms in total. The topological polar surface area (TPSA) is 76.1 Å². The lowest BCUT2D eigenvalue weighted by Crippen LogP contribution is -2.15. The fraction of sp³-hybridized carbons (Fsp3) is 0.429. The second kappa shape index (κ2) is 5.54. The van der Waals surface area contributed by atoms with E-state index in [0.717, 1.165) is 5.56 Å². The van der Waals surface area contributed by atoms with Gasteiger partial charge in [-0.2, -0.15) is 5.26 Å². The Labute approximate surface area is 107 Å². The molecule has 0 amide bonds. The number of nitrogens with zero attached hydrogens (tertiary/aromatic N) is 1. The van der Waals surface area contributed by atoms with Gasteiger partial charge in [0.05, 0.1) is 23.7 Å². The summed E-state index contributed by atoms with van der Waals surface area (Å²) in [6, 6.07) is 7.27. The number of nitrogens with two attached hydrogens (primary N) is 1. The lowest BCUT2D eigenvalue weighted by Gasteiger charge is -2.14. The molecule has 0 saturated carbocycles. The van der Waals surface area contributed by atoms with Gasteiger partial charge >= 0.3 is 5.97 Å². The van der Waals surface area contributed by atoms with Gasteiger partial charge in [-0.3, -0.25) is 0 Å². The van der Waals surface area contributed by atoms with Gasteiger partial charge in [0.2, 0.25) is 0 Å². The normalized spacial score (nSPS) is 10.8. The van der Waals surface area contributed by atoms with E-state index in [9.17, 15) is 4.79 Å². The van der Waals surface area contributed by atoms with Crippen LogP contribution in [0.3, 0.4) is 0 Å². The summed E-state index contributed by atoms with van der Waals surface area (Å²) in [5.74, 6) is -0.404. The molecule has 96 valence electrons. The van der Waals surface area contributed by atoms with Crippen molar-refractivity contribution in [1.82, 2.24) is 0 Å². The minimum absolute atomic E-state index is 0.229. The predicted octanol–water partition coefficient (Wildman–Crippen LogP) is 2.67. The molecule has 0 heterocycles. The fourth-order valence-corrected chi connectivity index (χ4v) is 1.47. The highest BCUT2D eigenvalue weighted by atomic mass is 16.5. The number of ether oxygens (including phenoxy) is 1. The third-order valence-corrected chi connectivity index (χ3v) is 2.60. The number of nitrogen functional groups attached to an aromatic ring is 1. The van der Waals surface area contributed by atoms with E-state index in [-0.39, 0.29) is 6.61 Å². The maximum atomic E-state index is 11.8. The molecular formula is C14H18N2O2. The van der Waals surface area contributed by atoms with Crippen LogP contribution in [0.2, 0.25) is 0 Å². The van der Waals surface area contributed by atoms with Crippen molar-refractivity contribution >= 4 is 11.7 Å². The third kappa shape index (κ3) is 4.10. The third-order valence-electron chi connectivity index (χ3n) is 2.60. The Kier molecular flexibility index (Phi) is 4.33. The molecule has 1 aromatic rings. The molecular weight excluding hydrogens is 228 g/mol. The number of nitriles is 1. The van der Waals surface area contributed by atoms with Crippen LogP contribution in [0.4, 0.5) is 5.69 Å². The monoisotopic (exact) mass is 246 g/mol. The average molecular weight is 246 g/mol. The first-order chi connectivity index (χ1) is 8.34. The van der Waals surface area contributed by atoms with E-state index in [1.807, 2.05) is 20.8 Å². The molecule has 0 unspecified atom stereocenters. The zero-order valence-corrected chi connectivity index (χ0v) is 11.0. The van der Waals surface area contributed by atoms with Gasteiger partial charge in [-0.25, -0.2) is 4.79 Å². The maximum Gasteiger partial charge on any atom is 0.338 e. The second-order valence-corrected chi connectivity index (χ2v) is 5.01. The number of hydrogen-bond acceptors (Lipinski definition) is 4. The standard InChI is InChI=1S/C14H18N2O2/c1-10-6-11(8-12(16)7-10)13(17)18-5-4-14(2,3)9-15/h6-8H,4-5,16H2,1-3H3. The zero-order chi connectivity index (χ0) is 13.8. The average Bonchev–Trinajstić information content (AvgIpc) is 2.27. The first-order valence-electron chi connectivity index (χ1n) is 5.79. The van der Waals surface area contributed by atoms with Gasteiger partial charge in [-0.1, -0.05) is 0 Å². The number of esters is 1. The molecule has 1 rings (SSSR count). The molecule has 18 heavy (non-hydrogen) atoms. The molecule has 1 aromatic carbocycles. The summed E-state index contributed by atoms with van der Waals surface area (Å²) in [6.07, 6.45) is 0.510. The van der Waals surface area contributed by atoms with Crippen molar-refractivity contribution < 1.29 is 9.53 Å². The minimum Gasteiger partial charge on any atom is -0.462 e. The smallest absolute Gasteiger partial charge is 0.338 e. The van der Waals surface area contributed by atoms with Crippen molar-refractivity contribution in [1.29, 1.82) is 5.26 Å². The molecule has 0 aromatic heterocycles. The Morgan fingerprint density at radius 3 is 2.67 bits per heavy atom. The van der Waals surface area contributed by atoms with Crippen molar-refractivity contribution in [3.05, 3.63) is 29.3 Å². The summed E-state index contributed by atoms with van der Waals surface area (Å²) in [5.41, 5.74) is 7.09. The van der Waals surface area contributed by atoms with Crippen LogP contribution in [0.1, 0.15) is 36.2 Å². The predicted molar refractivity (Wildman–Crippen MR) is 69.9 cm³/mol. The number of hydrogen-bond donors (Lipinski definition) is 1. The van der Waals surface area contributed by atoms with Crippen molar-refractivity contribution in [3.63, 3.8) is 0 Å². The number of anilines is 1. The van der Waals surface area contributed by atoms with E-state index in [0.29, 0.717) is 17.7 Å². The quantitative estimate of drug-likeness (QED) is 0.654. The lowest BCUT2D eigenvalue weighted by atomic mass is 9.92.